The standard InChI is InChI=1S/C17H15FN2OS/c1-10-6-7-11-14(8-10)22-17-15(11)16(19-9-20-17)21-13-5-3-2-4-12(13)18/h2-5,9-10H,6-8H2,1H3. The predicted octanol–water partition coefficient (Wildman–Crippen LogP) is 4.75. The number of ether oxygens (including phenoxy) is 1. The van der Waals surface area contributed by atoms with Gasteiger partial charge in [-0.2, -0.15) is 0 Å². The summed E-state index contributed by atoms with van der Waals surface area (Å²) in [4.78, 5) is 10.9. The molecule has 0 bridgehead atoms. The number of aryl methyl sites for hydroxylation is 1. The quantitative estimate of drug-likeness (QED) is 0.685. The van der Waals surface area contributed by atoms with Gasteiger partial charge in [-0.15, -0.1) is 11.3 Å². The van der Waals surface area contributed by atoms with Gasteiger partial charge in [0.15, 0.2) is 11.6 Å². The third-order valence-corrected chi connectivity index (χ3v) is 5.26. The average Bonchev–Trinajstić information content (AvgIpc) is 2.88. The fourth-order valence-corrected chi connectivity index (χ4v) is 4.30. The topological polar surface area (TPSA) is 35.0 Å². The van der Waals surface area contributed by atoms with Crippen molar-refractivity contribution in [1.82, 2.24) is 9.97 Å². The summed E-state index contributed by atoms with van der Waals surface area (Å²) < 4.78 is 19.6. The Hall–Kier alpha value is -2.01. The van der Waals surface area contributed by atoms with E-state index in [4.69, 9.17) is 4.74 Å². The van der Waals surface area contributed by atoms with E-state index in [1.165, 1.54) is 22.8 Å². The number of hydrogen-bond acceptors (Lipinski definition) is 4. The van der Waals surface area contributed by atoms with Crippen molar-refractivity contribution in [3.8, 4) is 11.6 Å². The van der Waals surface area contributed by atoms with Gasteiger partial charge in [0, 0.05) is 4.88 Å². The molecule has 112 valence electrons. The zero-order valence-electron chi connectivity index (χ0n) is 12.2. The minimum atomic E-state index is -0.382. The van der Waals surface area contributed by atoms with Gasteiger partial charge >= 0.3 is 0 Å². The second-order valence-electron chi connectivity index (χ2n) is 5.74. The van der Waals surface area contributed by atoms with Crippen molar-refractivity contribution in [3.05, 3.63) is 46.9 Å². The van der Waals surface area contributed by atoms with Gasteiger partial charge in [-0.1, -0.05) is 19.1 Å². The van der Waals surface area contributed by atoms with Crippen LogP contribution in [0.25, 0.3) is 10.2 Å². The first-order valence-corrected chi connectivity index (χ1v) is 8.21. The molecule has 0 spiro atoms. The predicted molar refractivity (Wildman–Crippen MR) is 85.1 cm³/mol. The number of nitrogens with zero attached hydrogens (tertiary/aromatic N) is 2. The van der Waals surface area contributed by atoms with Crippen molar-refractivity contribution in [2.75, 3.05) is 0 Å². The molecule has 3 nitrogen and oxygen atoms in total. The lowest BCUT2D eigenvalue weighted by Gasteiger charge is -2.18. The molecule has 0 aliphatic heterocycles. The summed E-state index contributed by atoms with van der Waals surface area (Å²) >= 11 is 1.71. The Morgan fingerprint density at radius 3 is 3.00 bits per heavy atom. The van der Waals surface area contributed by atoms with Gasteiger partial charge < -0.3 is 4.74 Å². The molecule has 22 heavy (non-hydrogen) atoms. The summed E-state index contributed by atoms with van der Waals surface area (Å²) in [5.74, 6) is 0.977. The first-order chi connectivity index (χ1) is 10.7. The Bertz CT molecular complexity index is 846. The Balaban J connectivity index is 1.83. The lowest BCUT2D eigenvalue weighted by atomic mass is 9.89. The van der Waals surface area contributed by atoms with Gasteiger partial charge in [0.25, 0.3) is 0 Å². The Morgan fingerprint density at radius 1 is 1.27 bits per heavy atom. The molecule has 0 saturated heterocycles. The number of benzene rings is 1. The highest BCUT2D eigenvalue weighted by Gasteiger charge is 2.24. The van der Waals surface area contributed by atoms with Crippen LogP contribution in [0.1, 0.15) is 23.8 Å². The van der Waals surface area contributed by atoms with E-state index in [1.54, 1.807) is 29.5 Å². The van der Waals surface area contributed by atoms with Crippen LogP contribution in [0.15, 0.2) is 30.6 Å². The second-order valence-corrected chi connectivity index (χ2v) is 6.83. The van der Waals surface area contributed by atoms with Crippen LogP contribution in [-0.2, 0) is 12.8 Å². The number of halogens is 1. The number of fused-ring (bicyclic) bond motifs is 3. The third kappa shape index (κ3) is 2.25. The minimum Gasteiger partial charge on any atom is -0.435 e. The maximum atomic E-state index is 13.8. The SMILES string of the molecule is CC1CCc2c(sc3ncnc(Oc4ccccc4F)c23)C1. The highest BCUT2D eigenvalue weighted by Crippen LogP contribution is 2.41. The number of rotatable bonds is 2. The van der Waals surface area contributed by atoms with Gasteiger partial charge in [-0.3, -0.25) is 0 Å². The molecule has 0 radical (unpaired) electrons. The maximum absolute atomic E-state index is 13.8. The zero-order chi connectivity index (χ0) is 15.1. The van der Waals surface area contributed by atoms with Crippen LogP contribution in [0.5, 0.6) is 11.6 Å². The van der Waals surface area contributed by atoms with Crippen LogP contribution in [0.2, 0.25) is 0 Å². The lowest BCUT2D eigenvalue weighted by Crippen LogP contribution is -2.08. The normalized spacial score (nSPS) is 17.5. The van der Waals surface area contributed by atoms with Crippen molar-refractivity contribution in [2.24, 2.45) is 5.92 Å². The summed E-state index contributed by atoms with van der Waals surface area (Å²) in [6.45, 7) is 2.27. The molecule has 4 rings (SSSR count). The molecule has 5 heteroatoms. The molecule has 0 fully saturated rings. The van der Waals surface area contributed by atoms with E-state index in [-0.39, 0.29) is 11.6 Å². The van der Waals surface area contributed by atoms with Gasteiger partial charge in [0.05, 0.1) is 5.39 Å². The number of thiophene rings is 1. The summed E-state index contributed by atoms with van der Waals surface area (Å²) in [6.07, 6.45) is 4.74. The Morgan fingerprint density at radius 2 is 2.14 bits per heavy atom. The van der Waals surface area contributed by atoms with Crippen molar-refractivity contribution in [1.29, 1.82) is 0 Å². The number of para-hydroxylation sites is 1. The fourth-order valence-electron chi connectivity index (χ4n) is 2.96. The lowest BCUT2D eigenvalue weighted by molar-refractivity contribution is 0.431. The van der Waals surface area contributed by atoms with Crippen LogP contribution in [0, 0.1) is 11.7 Å². The number of aromatic nitrogens is 2. The first kappa shape index (κ1) is 13.6. The molecule has 3 aromatic rings. The average molecular weight is 314 g/mol. The fraction of sp³-hybridized carbons (Fsp3) is 0.294. The van der Waals surface area contributed by atoms with E-state index in [2.05, 4.69) is 16.9 Å². The van der Waals surface area contributed by atoms with E-state index in [1.807, 2.05) is 0 Å². The largest absolute Gasteiger partial charge is 0.435 e. The van der Waals surface area contributed by atoms with E-state index < -0.39 is 0 Å². The summed E-state index contributed by atoms with van der Waals surface area (Å²) in [5, 5.41) is 0.956. The van der Waals surface area contributed by atoms with Crippen LogP contribution in [0.3, 0.4) is 0 Å². The van der Waals surface area contributed by atoms with E-state index >= 15 is 0 Å². The van der Waals surface area contributed by atoms with Crippen LogP contribution < -0.4 is 4.74 Å². The second kappa shape index (κ2) is 5.32. The van der Waals surface area contributed by atoms with Crippen LogP contribution >= 0.6 is 11.3 Å². The van der Waals surface area contributed by atoms with Crippen molar-refractivity contribution < 1.29 is 9.13 Å². The molecule has 0 amide bonds. The van der Waals surface area contributed by atoms with Gasteiger partial charge in [-0.05, 0) is 42.9 Å². The van der Waals surface area contributed by atoms with Gasteiger partial charge in [-0.25, -0.2) is 14.4 Å². The molecule has 1 aromatic carbocycles. The highest BCUT2D eigenvalue weighted by atomic mass is 32.1. The molecule has 0 saturated carbocycles. The maximum Gasteiger partial charge on any atom is 0.231 e. The monoisotopic (exact) mass is 314 g/mol. The number of hydrogen-bond donors (Lipinski definition) is 0. The molecule has 2 heterocycles. The van der Waals surface area contributed by atoms with Gasteiger partial charge in [0.2, 0.25) is 5.88 Å². The summed E-state index contributed by atoms with van der Waals surface area (Å²) in [5.41, 5.74) is 1.28. The van der Waals surface area contributed by atoms with Crippen molar-refractivity contribution in [3.63, 3.8) is 0 Å². The zero-order valence-corrected chi connectivity index (χ0v) is 13.0. The molecule has 0 N–H and O–H groups in total. The molecular formula is C17H15FN2OS. The minimum absolute atomic E-state index is 0.201. The third-order valence-electron chi connectivity index (χ3n) is 4.10. The molecule has 1 aliphatic rings. The van der Waals surface area contributed by atoms with E-state index in [0.717, 1.165) is 29.5 Å². The Kier molecular flexibility index (Phi) is 3.30. The van der Waals surface area contributed by atoms with E-state index in [9.17, 15) is 4.39 Å². The molecule has 1 atom stereocenters. The molecule has 1 unspecified atom stereocenters. The molecule has 2 aromatic heterocycles. The van der Waals surface area contributed by atoms with E-state index in [0.29, 0.717) is 11.8 Å². The smallest absolute Gasteiger partial charge is 0.231 e. The first-order valence-electron chi connectivity index (χ1n) is 7.40. The van der Waals surface area contributed by atoms with Crippen molar-refractivity contribution in [2.45, 2.75) is 26.2 Å². The summed E-state index contributed by atoms with van der Waals surface area (Å²) in [7, 11) is 0. The van der Waals surface area contributed by atoms with Crippen LogP contribution in [-0.4, -0.2) is 9.97 Å². The highest BCUT2D eigenvalue weighted by molar-refractivity contribution is 7.18. The van der Waals surface area contributed by atoms with Crippen molar-refractivity contribution >= 4 is 21.6 Å². The summed E-state index contributed by atoms with van der Waals surface area (Å²) in [6, 6.07) is 6.40. The molecular weight excluding hydrogens is 299 g/mol. The van der Waals surface area contributed by atoms with Crippen LogP contribution in [0.4, 0.5) is 4.39 Å². The van der Waals surface area contributed by atoms with Gasteiger partial charge in [0.1, 0.15) is 11.2 Å². The Labute approximate surface area is 131 Å². The molecule has 1 aliphatic carbocycles.